The van der Waals surface area contributed by atoms with Crippen LogP contribution in [0.5, 0.6) is 0 Å². The number of nitrogens with zero attached hydrogens (tertiary/aromatic N) is 2. The number of benzene rings is 1. The molecule has 0 amide bonds. The predicted molar refractivity (Wildman–Crippen MR) is 62.5 cm³/mol. The van der Waals surface area contributed by atoms with Gasteiger partial charge in [0.15, 0.2) is 5.69 Å². The monoisotopic (exact) mass is 256 g/mol. The molecule has 1 heterocycles. The Labute approximate surface area is 101 Å². The SMILES string of the molecule is Cn1nc(C(F)(F)F)cc1-c1ccc(N)c(N)c1. The average molecular weight is 256 g/mol. The van der Waals surface area contributed by atoms with E-state index in [2.05, 4.69) is 5.10 Å². The summed E-state index contributed by atoms with van der Waals surface area (Å²) in [6.45, 7) is 0. The largest absolute Gasteiger partial charge is 0.435 e. The lowest BCUT2D eigenvalue weighted by Gasteiger charge is -2.04. The second-order valence-electron chi connectivity index (χ2n) is 3.88. The Kier molecular flexibility index (Phi) is 2.68. The molecule has 0 aliphatic rings. The van der Waals surface area contributed by atoms with E-state index in [9.17, 15) is 13.2 Å². The van der Waals surface area contributed by atoms with Crippen LogP contribution in [-0.4, -0.2) is 9.78 Å². The molecule has 1 aromatic heterocycles. The number of nitrogens with two attached hydrogens (primary N) is 2. The number of hydrogen-bond donors (Lipinski definition) is 2. The van der Waals surface area contributed by atoms with Gasteiger partial charge in [-0.15, -0.1) is 0 Å². The molecule has 4 nitrogen and oxygen atoms in total. The smallest absolute Gasteiger partial charge is 0.397 e. The van der Waals surface area contributed by atoms with E-state index in [0.29, 0.717) is 22.6 Å². The first-order valence-corrected chi connectivity index (χ1v) is 5.05. The number of alkyl halides is 3. The summed E-state index contributed by atoms with van der Waals surface area (Å²) in [6, 6.07) is 5.64. The van der Waals surface area contributed by atoms with E-state index in [4.69, 9.17) is 11.5 Å². The summed E-state index contributed by atoms with van der Waals surface area (Å²) in [5, 5.41) is 3.43. The van der Waals surface area contributed by atoms with Crippen molar-refractivity contribution in [2.75, 3.05) is 11.5 Å². The molecular weight excluding hydrogens is 245 g/mol. The van der Waals surface area contributed by atoms with Crippen molar-refractivity contribution in [2.24, 2.45) is 7.05 Å². The van der Waals surface area contributed by atoms with Crippen molar-refractivity contribution in [3.63, 3.8) is 0 Å². The molecule has 4 N–H and O–H groups in total. The standard InChI is InChI=1S/C11H11F3N4/c1-18-9(5-10(17-18)11(12,13)14)6-2-3-7(15)8(16)4-6/h2-5H,15-16H2,1H3. The predicted octanol–water partition coefficient (Wildman–Crippen LogP) is 2.27. The maximum atomic E-state index is 12.5. The molecule has 0 saturated heterocycles. The second kappa shape index (κ2) is 3.94. The lowest BCUT2D eigenvalue weighted by atomic mass is 10.1. The lowest BCUT2D eigenvalue weighted by molar-refractivity contribution is -0.141. The molecule has 7 heteroatoms. The van der Waals surface area contributed by atoms with Crippen molar-refractivity contribution in [2.45, 2.75) is 6.18 Å². The first-order valence-electron chi connectivity index (χ1n) is 5.05. The zero-order chi connectivity index (χ0) is 13.5. The molecule has 18 heavy (non-hydrogen) atoms. The maximum absolute atomic E-state index is 12.5. The van der Waals surface area contributed by atoms with Crippen LogP contribution in [0.2, 0.25) is 0 Å². The van der Waals surface area contributed by atoms with E-state index in [1.54, 1.807) is 12.1 Å². The van der Waals surface area contributed by atoms with Gasteiger partial charge in [-0.3, -0.25) is 4.68 Å². The summed E-state index contributed by atoms with van der Waals surface area (Å²) >= 11 is 0. The third-order valence-corrected chi connectivity index (χ3v) is 2.55. The summed E-state index contributed by atoms with van der Waals surface area (Å²) in [5.74, 6) is 0. The van der Waals surface area contributed by atoms with Crippen molar-refractivity contribution < 1.29 is 13.2 Å². The molecule has 2 aromatic rings. The Balaban J connectivity index is 2.51. The fraction of sp³-hybridized carbons (Fsp3) is 0.182. The van der Waals surface area contributed by atoms with Gasteiger partial charge in [-0.25, -0.2) is 0 Å². The van der Waals surface area contributed by atoms with Gasteiger partial charge in [0.25, 0.3) is 0 Å². The summed E-state index contributed by atoms with van der Waals surface area (Å²) in [4.78, 5) is 0. The quantitative estimate of drug-likeness (QED) is 0.769. The Morgan fingerprint density at radius 2 is 1.78 bits per heavy atom. The Hall–Kier alpha value is -2.18. The van der Waals surface area contributed by atoms with Gasteiger partial charge in [-0.05, 0) is 18.2 Å². The highest BCUT2D eigenvalue weighted by molar-refractivity contribution is 5.73. The number of hydrogen-bond acceptors (Lipinski definition) is 3. The van der Waals surface area contributed by atoms with Gasteiger partial charge in [-0.2, -0.15) is 18.3 Å². The number of aryl methyl sites for hydroxylation is 1. The van der Waals surface area contributed by atoms with Gasteiger partial charge in [-0.1, -0.05) is 6.07 Å². The number of nitrogen functional groups attached to an aromatic ring is 2. The van der Waals surface area contributed by atoms with Crippen molar-refractivity contribution in [1.29, 1.82) is 0 Å². The van der Waals surface area contributed by atoms with Gasteiger partial charge >= 0.3 is 6.18 Å². The number of aromatic nitrogens is 2. The molecule has 0 unspecified atom stereocenters. The van der Waals surface area contributed by atoms with Gasteiger partial charge in [0.1, 0.15) is 0 Å². The highest BCUT2D eigenvalue weighted by Crippen LogP contribution is 2.32. The van der Waals surface area contributed by atoms with Crippen molar-refractivity contribution in [3.05, 3.63) is 30.0 Å². The van der Waals surface area contributed by atoms with Crippen LogP contribution in [0.3, 0.4) is 0 Å². The van der Waals surface area contributed by atoms with Crippen molar-refractivity contribution in [3.8, 4) is 11.3 Å². The zero-order valence-corrected chi connectivity index (χ0v) is 9.49. The third-order valence-electron chi connectivity index (χ3n) is 2.55. The van der Waals surface area contributed by atoms with E-state index >= 15 is 0 Å². The topological polar surface area (TPSA) is 69.9 Å². The van der Waals surface area contributed by atoms with Crippen LogP contribution in [0, 0.1) is 0 Å². The normalized spacial score (nSPS) is 11.8. The van der Waals surface area contributed by atoms with Gasteiger partial charge in [0.2, 0.25) is 0 Å². The molecule has 0 bridgehead atoms. The zero-order valence-electron chi connectivity index (χ0n) is 9.49. The highest BCUT2D eigenvalue weighted by atomic mass is 19.4. The number of rotatable bonds is 1. The molecule has 0 aliphatic carbocycles. The van der Waals surface area contributed by atoms with Crippen LogP contribution in [-0.2, 0) is 13.2 Å². The summed E-state index contributed by atoms with van der Waals surface area (Å²) in [5.41, 5.74) is 11.8. The Bertz CT molecular complexity index is 586. The second-order valence-corrected chi connectivity index (χ2v) is 3.88. The molecule has 0 fully saturated rings. The van der Waals surface area contributed by atoms with Gasteiger partial charge in [0.05, 0.1) is 17.1 Å². The van der Waals surface area contributed by atoms with E-state index in [1.165, 1.54) is 13.1 Å². The minimum absolute atomic E-state index is 0.322. The molecule has 96 valence electrons. The van der Waals surface area contributed by atoms with E-state index in [1.807, 2.05) is 0 Å². The summed E-state index contributed by atoms with van der Waals surface area (Å²) in [6.07, 6.45) is -4.46. The maximum Gasteiger partial charge on any atom is 0.435 e. The fourth-order valence-corrected chi connectivity index (χ4v) is 1.61. The summed E-state index contributed by atoms with van der Waals surface area (Å²) < 4.78 is 38.7. The number of halogens is 3. The Morgan fingerprint density at radius 1 is 1.11 bits per heavy atom. The van der Waals surface area contributed by atoms with Crippen molar-refractivity contribution >= 4 is 11.4 Å². The molecule has 0 radical (unpaired) electrons. The van der Waals surface area contributed by atoms with Crippen LogP contribution >= 0.6 is 0 Å². The Morgan fingerprint density at radius 3 is 2.28 bits per heavy atom. The van der Waals surface area contributed by atoms with E-state index in [-0.39, 0.29) is 0 Å². The average Bonchev–Trinajstić information content (AvgIpc) is 2.64. The first kappa shape index (κ1) is 12.3. The number of anilines is 2. The fourth-order valence-electron chi connectivity index (χ4n) is 1.61. The van der Waals surface area contributed by atoms with Crippen molar-refractivity contribution in [1.82, 2.24) is 9.78 Å². The molecule has 0 aliphatic heterocycles. The molecule has 0 spiro atoms. The van der Waals surface area contributed by atoms with Crippen LogP contribution < -0.4 is 11.5 Å². The van der Waals surface area contributed by atoms with Crippen LogP contribution in [0.4, 0.5) is 24.5 Å². The minimum Gasteiger partial charge on any atom is -0.397 e. The van der Waals surface area contributed by atoms with Crippen LogP contribution in [0.25, 0.3) is 11.3 Å². The van der Waals surface area contributed by atoms with Gasteiger partial charge < -0.3 is 11.5 Å². The highest BCUT2D eigenvalue weighted by Gasteiger charge is 2.34. The van der Waals surface area contributed by atoms with Crippen LogP contribution in [0.15, 0.2) is 24.3 Å². The molecule has 0 saturated carbocycles. The van der Waals surface area contributed by atoms with E-state index in [0.717, 1.165) is 10.7 Å². The third kappa shape index (κ3) is 2.11. The summed E-state index contributed by atoms with van der Waals surface area (Å²) in [7, 11) is 1.44. The van der Waals surface area contributed by atoms with E-state index < -0.39 is 11.9 Å². The molecule has 0 atom stereocenters. The molecular formula is C11H11F3N4. The minimum atomic E-state index is -4.46. The lowest BCUT2D eigenvalue weighted by Crippen LogP contribution is -2.06. The van der Waals surface area contributed by atoms with Crippen LogP contribution in [0.1, 0.15) is 5.69 Å². The van der Waals surface area contributed by atoms with Gasteiger partial charge in [0, 0.05) is 12.6 Å². The first-order chi connectivity index (χ1) is 8.29. The molecule has 2 rings (SSSR count). The molecule has 1 aromatic carbocycles.